The average molecular weight is 251 g/mol. The van der Waals surface area contributed by atoms with Crippen LogP contribution in [0.4, 0.5) is 0 Å². The van der Waals surface area contributed by atoms with E-state index >= 15 is 0 Å². The molecule has 0 amide bonds. The third-order valence-corrected chi connectivity index (χ3v) is 3.03. The number of aromatic carboxylic acids is 1. The molecule has 4 nitrogen and oxygen atoms in total. The molecule has 0 aliphatic heterocycles. The molecule has 0 saturated carbocycles. The molecule has 0 radical (unpaired) electrons. The number of carboxylic acid groups (broad SMARTS) is 1. The number of halogens is 1. The Morgan fingerprint density at radius 2 is 2.12 bits per heavy atom. The van der Waals surface area contributed by atoms with Gasteiger partial charge in [-0.25, -0.2) is 9.78 Å². The number of aromatic nitrogens is 2. The van der Waals surface area contributed by atoms with E-state index in [0.29, 0.717) is 0 Å². The number of hydrogen-bond acceptors (Lipinski definition) is 2. The lowest BCUT2D eigenvalue weighted by Crippen LogP contribution is -2.00. The molecule has 88 valence electrons. The van der Waals surface area contributed by atoms with Gasteiger partial charge in [0.2, 0.25) is 0 Å². The number of hydrogen-bond donors (Lipinski definition) is 1. The molecule has 0 aliphatic carbocycles. The first-order valence-electron chi connectivity index (χ1n) is 5.04. The largest absolute Gasteiger partial charge is 0.478 e. The van der Waals surface area contributed by atoms with Gasteiger partial charge < -0.3 is 9.67 Å². The number of benzene rings is 1. The Kier molecular flexibility index (Phi) is 2.90. The zero-order valence-electron chi connectivity index (χ0n) is 9.44. The number of carboxylic acids is 1. The predicted molar refractivity (Wildman–Crippen MR) is 65.0 cm³/mol. The fraction of sp³-hybridized carbons (Fsp3) is 0.167. The summed E-state index contributed by atoms with van der Waals surface area (Å²) in [5, 5.41) is 9.11. The van der Waals surface area contributed by atoms with E-state index in [2.05, 4.69) is 4.98 Å². The van der Waals surface area contributed by atoms with Crippen LogP contribution in [0.5, 0.6) is 0 Å². The van der Waals surface area contributed by atoms with Gasteiger partial charge in [0.05, 0.1) is 22.6 Å². The zero-order valence-corrected chi connectivity index (χ0v) is 10.2. The molecule has 0 unspecified atom stereocenters. The molecule has 1 aromatic heterocycles. The van der Waals surface area contributed by atoms with Gasteiger partial charge in [-0.05, 0) is 32.0 Å². The molecule has 0 bridgehead atoms. The highest BCUT2D eigenvalue weighted by Gasteiger charge is 2.11. The second-order valence-electron chi connectivity index (χ2n) is 3.75. The minimum absolute atomic E-state index is 0.102. The first-order chi connectivity index (χ1) is 8.00. The Bertz CT molecular complexity index is 590. The summed E-state index contributed by atoms with van der Waals surface area (Å²) in [6.07, 6.45) is 1.69. The van der Waals surface area contributed by atoms with Crippen molar-refractivity contribution in [1.29, 1.82) is 0 Å². The van der Waals surface area contributed by atoms with Crippen molar-refractivity contribution < 1.29 is 9.90 Å². The van der Waals surface area contributed by atoms with Crippen molar-refractivity contribution in [2.45, 2.75) is 13.8 Å². The van der Waals surface area contributed by atoms with E-state index in [1.54, 1.807) is 18.5 Å². The van der Waals surface area contributed by atoms with Gasteiger partial charge in [0.25, 0.3) is 0 Å². The highest BCUT2D eigenvalue weighted by molar-refractivity contribution is 6.33. The van der Waals surface area contributed by atoms with Gasteiger partial charge in [-0.3, -0.25) is 0 Å². The monoisotopic (exact) mass is 250 g/mol. The SMILES string of the molecule is Cc1ncn(-c2ccc(C(=O)O)c(Cl)c2)c1C. The Balaban J connectivity index is 2.52. The summed E-state index contributed by atoms with van der Waals surface area (Å²) in [4.78, 5) is 15.0. The molecule has 0 saturated heterocycles. The molecule has 1 heterocycles. The molecule has 5 heteroatoms. The summed E-state index contributed by atoms with van der Waals surface area (Å²) in [6, 6.07) is 4.83. The van der Waals surface area contributed by atoms with Gasteiger partial charge in [0, 0.05) is 11.4 Å². The van der Waals surface area contributed by atoms with Crippen LogP contribution in [0.1, 0.15) is 21.7 Å². The van der Waals surface area contributed by atoms with Crippen LogP contribution in [0.25, 0.3) is 5.69 Å². The quantitative estimate of drug-likeness (QED) is 0.892. The van der Waals surface area contributed by atoms with Crippen molar-refractivity contribution in [2.75, 3.05) is 0 Å². The minimum atomic E-state index is -1.03. The highest BCUT2D eigenvalue weighted by Crippen LogP contribution is 2.22. The summed E-state index contributed by atoms with van der Waals surface area (Å²) in [7, 11) is 0. The summed E-state index contributed by atoms with van der Waals surface area (Å²) >= 11 is 5.92. The lowest BCUT2D eigenvalue weighted by molar-refractivity contribution is 0.0697. The molecular weight excluding hydrogens is 240 g/mol. The molecule has 2 rings (SSSR count). The standard InChI is InChI=1S/C12H11ClN2O2/c1-7-8(2)15(6-14-7)9-3-4-10(12(16)17)11(13)5-9/h3-6H,1-2H3,(H,16,17). The first kappa shape index (κ1) is 11.7. The van der Waals surface area contributed by atoms with Crippen LogP contribution in [-0.4, -0.2) is 20.6 Å². The van der Waals surface area contributed by atoms with E-state index in [1.807, 2.05) is 18.4 Å². The Morgan fingerprint density at radius 1 is 1.41 bits per heavy atom. The van der Waals surface area contributed by atoms with Crippen LogP contribution in [0, 0.1) is 13.8 Å². The van der Waals surface area contributed by atoms with Crippen molar-refractivity contribution in [1.82, 2.24) is 9.55 Å². The summed E-state index contributed by atoms with van der Waals surface area (Å²) in [5.74, 6) is -1.03. The minimum Gasteiger partial charge on any atom is -0.478 e. The summed E-state index contributed by atoms with van der Waals surface area (Å²) in [5.41, 5.74) is 2.84. The van der Waals surface area contributed by atoms with E-state index in [4.69, 9.17) is 16.7 Å². The van der Waals surface area contributed by atoms with Gasteiger partial charge in [-0.15, -0.1) is 0 Å². The topological polar surface area (TPSA) is 55.1 Å². The molecule has 1 N–H and O–H groups in total. The number of aryl methyl sites for hydroxylation is 1. The van der Waals surface area contributed by atoms with Gasteiger partial charge in [-0.1, -0.05) is 11.6 Å². The predicted octanol–water partition coefficient (Wildman–Crippen LogP) is 2.84. The van der Waals surface area contributed by atoms with Gasteiger partial charge in [-0.2, -0.15) is 0 Å². The zero-order chi connectivity index (χ0) is 12.6. The molecule has 1 aromatic carbocycles. The lowest BCUT2D eigenvalue weighted by Gasteiger charge is -2.07. The number of imidazole rings is 1. The Morgan fingerprint density at radius 3 is 2.59 bits per heavy atom. The highest BCUT2D eigenvalue weighted by atomic mass is 35.5. The third kappa shape index (κ3) is 2.03. The number of nitrogens with zero attached hydrogens (tertiary/aromatic N) is 2. The molecule has 2 aromatic rings. The molecule has 0 atom stereocenters. The van der Waals surface area contributed by atoms with Crippen LogP contribution >= 0.6 is 11.6 Å². The van der Waals surface area contributed by atoms with Crippen LogP contribution in [0.2, 0.25) is 5.02 Å². The lowest BCUT2D eigenvalue weighted by atomic mass is 10.2. The maximum absolute atomic E-state index is 10.8. The fourth-order valence-electron chi connectivity index (χ4n) is 1.59. The second kappa shape index (κ2) is 4.22. The van der Waals surface area contributed by atoms with E-state index in [9.17, 15) is 4.79 Å². The maximum Gasteiger partial charge on any atom is 0.337 e. The van der Waals surface area contributed by atoms with Gasteiger partial charge in [0.15, 0.2) is 0 Å². The smallest absolute Gasteiger partial charge is 0.337 e. The van der Waals surface area contributed by atoms with Crippen LogP contribution in [0.3, 0.4) is 0 Å². The van der Waals surface area contributed by atoms with Crippen molar-refractivity contribution in [3.05, 3.63) is 46.5 Å². The fourth-order valence-corrected chi connectivity index (χ4v) is 1.84. The van der Waals surface area contributed by atoms with Crippen LogP contribution < -0.4 is 0 Å². The number of carbonyl (C=O) groups is 1. The van der Waals surface area contributed by atoms with Crippen LogP contribution in [0.15, 0.2) is 24.5 Å². The Labute approximate surface area is 103 Å². The van der Waals surface area contributed by atoms with Crippen molar-refractivity contribution in [2.24, 2.45) is 0 Å². The molecule has 0 spiro atoms. The molecule has 0 fully saturated rings. The molecule has 17 heavy (non-hydrogen) atoms. The Hall–Kier alpha value is -1.81. The van der Waals surface area contributed by atoms with E-state index in [0.717, 1.165) is 17.1 Å². The van der Waals surface area contributed by atoms with E-state index in [-0.39, 0.29) is 10.6 Å². The van der Waals surface area contributed by atoms with E-state index in [1.165, 1.54) is 6.07 Å². The van der Waals surface area contributed by atoms with Crippen molar-refractivity contribution in [3.8, 4) is 5.69 Å². The van der Waals surface area contributed by atoms with Gasteiger partial charge >= 0.3 is 5.97 Å². The normalized spacial score (nSPS) is 10.5. The summed E-state index contributed by atoms with van der Waals surface area (Å²) < 4.78 is 1.87. The van der Waals surface area contributed by atoms with Crippen molar-refractivity contribution >= 4 is 17.6 Å². The number of rotatable bonds is 2. The van der Waals surface area contributed by atoms with E-state index < -0.39 is 5.97 Å². The average Bonchev–Trinajstić information content (AvgIpc) is 2.59. The van der Waals surface area contributed by atoms with Crippen LogP contribution in [-0.2, 0) is 0 Å². The molecule has 0 aliphatic rings. The second-order valence-corrected chi connectivity index (χ2v) is 4.16. The van der Waals surface area contributed by atoms with Gasteiger partial charge in [0.1, 0.15) is 0 Å². The third-order valence-electron chi connectivity index (χ3n) is 2.71. The van der Waals surface area contributed by atoms with Crippen molar-refractivity contribution in [3.63, 3.8) is 0 Å². The first-order valence-corrected chi connectivity index (χ1v) is 5.42. The summed E-state index contributed by atoms with van der Waals surface area (Å²) in [6.45, 7) is 3.86. The maximum atomic E-state index is 10.8. The molecular formula is C12H11ClN2O2.